The van der Waals surface area contributed by atoms with Crippen molar-refractivity contribution < 1.29 is 27.7 Å². The third-order valence-electron chi connectivity index (χ3n) is 7.56. The summed E-state index contributed by atoms with van der Waals surface area (Å²) in [6, 6.07) is 18.7. The Morgan fingerprint density at radius 3 is 2.30 bits per heavy atom. The number of rotatable bonds is 12. The fourth-order valence-electron chi connectivity index (χ4n) is 5.11. The number of ether oxygens (including phenoxy) is 1. The van der Waals surface area contributed by atoms with E-state index in [1.807, 2.05) is 0 Å². The van der Waals surface area contributed by atoms with Gasteiger partial charge in [-0.3, -0.25) is 24.0 Å². The van der Waals surface area contributed by atoms with Crippen LogP contribution in [0.3, 0.4) is 0 Å². The van der Waals surface area contributed by atoms with Crippen molar-refractivity contribution in [2.75, 3.05) is 18.0 Å². The molecule has 3 aromatic rings. The molecule has 1 aliphatic carbocycles. The van der Waals surface area contributed by atoms with Crippen LogP contribution < -0.4 is 14.4 Å². The number of anilines is 1. The maximum Gasteiger partial charge on any atom is 0.269 e. The van der Waals surface area contributed by atoms with Crippen molar-refractivity contribution in [3.05, 3.63) is 94.5 Å². The number of carbonyl (C=O) groups excluding carboxylic acids is 2. The van der Waals surface area contributed by atoms with E-state index in [1.165, 1.54) is 48.4 Å². The quantitative estimate of drug-likeness (QED) is 0.233. The molecule has 11 nitrogen and oxygen atoms in total. The highest BCUT2D eigenvalue weighted by Crippen LogP contribution is 2.27. The largest absolute Gasteiger partial charge is 0.497 e. The van der Waals surface area contributed by atoms with Gasteiger partial charge in [0.15, 0.2) is 0 Å². The van der Waals surface area contributed by atoms with E-state index in [9.17, 15) is 28.1 Å². The maximum atomic E-state index is 14.1. The maximum absolute atomic E-state index is 14.1. The van der Waals surface area contributed by atoms with Crippen molar-refractivity contribution in [2.45, 2.75) is 62.6 Å². The molecule has 3 aromatic carbocycles. The summed E-state index contributed by atoms with van der Waals surface area (Å²) in [5.74, 6) is -0.369. The smallest absolute Gasteiger partial charge is 0.269 e. The van der Waals surface area contributed by atoms with E-state index in [0.717, 1.165) is 36.4 Å². The number of nitro benzene ring substituents is 1. The number of carbonyl (C=O) groups is 2. The number of nitrogens with one attached hydrogen (secondary N) is 1. The zero-order valence-electron chi connectivity index (χ0n) is 24.2. The molecule has 1 fully saturated rings. The SMILES string of the molecule is COc1cccc(CN(C(=O)CN(c2ccc([N+](=O)[O-])cc2)S(=O)(=O)c2ccccc2)C(C)C(=O)NC2CCCCC2)c1. The number of hydrogen-bond donors (Lipinski definition) is 1. The average molecular weight is 609 g/mol. The molecule has 4 rings (SSSR count). The standard InChI is InChI=1S/C31H36N4O7S/c1-23(31(37)32-25-11-5-3-6-12-25)33(21-24-10-9-13-28(20-24)42-2)30(36)22-34(26-16-18-27(19-17-26)35(38)39)43(40,41)29-14-7-4-8-15-29/h4,7-10,13-20,23,25H,3,5-6,11-12,21-22H2,1-2H3,(H,32,37). The first-order valence-corrected chi connectivity index (χ1v) is 15.6. The molecule has 0 saturated heterocycles. The van der Waals surface area contributed by atoms with Gasteiger partial charge in [0.2, 0.25) is 11.8 Å². The monoisotopic (exact) mass is 608 g/mol. The number of non-ortho nitro benzene ring substituents is 1. The molecule has 43 heavy (non-hydrogen) atoms. The van der Waals surface area contributed by atoms with Crippen LogP contribution in [0.25, 0.3) is 0 Å². The molecule has 1 atom stereocenters. The molecule has 1 unspecified atom stereocenters. The summed E-state index contributed by atoms with van der Waals surface area (Å²) in [6.07, 6.45) is 4.90. The molecule has 2 amide bonds. The van der Waals surface area contributed by atoms with E-state index in [4.69, 9.17) is 4.74 Å². The predicted molar refractivity (Wildman–Crippen MR) is 162 cm³/mol. The van der Waals surface area contributed by atoms with Gasteiger partial charge in [0, 0.05) is 24.7 Å². The van der Waals surface area contributed by atoms with Crippen LogP contribution in [0.15, 0.2) is 83.8 Å². The van der Waals surface area contributed by atoms with Gasteiger partial charge in [0.1, 0.15) is 18.3 Å². The number of hydrogen-bond acceptors (Lipinski definition) is 7. The summed E-state index contributed by atoms with van der Waals surface area (Å²) in [5, 5.41) is 14.3. The molecule has 0 heterocycles. The zero-order chi connectivity index (χ0) is 31.0. The minimum absolute atomic E-state index is 0.0209. The molecule has 0 spiro atoms. The normalized spacial score (nSPS) is 14.4. The highest BCUT2D eigenvalue weighted by molar-refractivity contribution is 7.92. The van der Waals surface area contributed by atoms with E-state index in [2.05, 4.69) is 5.32 Å². The molecule has 0 radical (unpaired) electrons. The number of sulfonamides is 1. The Morgan fingerprint density at radius 1 is 1.00 bits per heavy atom. The first kappa shape index (κ1) is 31.5. The molecule has 228 valence electrons. The van der Waals surface area contributed by atoms with Gasteiger partial charge in [0.05, 0.1) is 22.6 Å². The summed E-state index contributed by atoms with van der Waals surface area (Å²) in [4.78, 5) is 39.4. The Bertz CT molecular complexity index is 1530. The molecule has 1 N–H and O–H groups in total. The fraction of sp³-hybridized carbons (Fsp3) is 0.355. The lowest BCUT2D eigenvalue weighted by Crippen LogP contribution is -2.53. The van der Waals surface area contributed by atoms with Crippen LogP contribution in [-0.4, -0.2) is 55.8 Å². The van der Waals surface area contributed by atoms with E-state index in [1.54, 1.807) is 49.4 Å². The van der Waals surface area contributed by atoms with Gasteiger partial charge >= 0.3 is 0 Å². The number of nitro groups is 1. The first-order chi connectivity index (χ1) is 20.6. The summed E-state index contributed by atoms with van der Waals surface area (Å²) < 4.78 is 33.9. The van der Waals surface area contributed by atoms with Crippen LogP contribution in [0.4, 0.5) is 11.4 Å². The van der Waals surface area contributed by atoms with Crippen LogP contribution in [0.5, 0.6) is 5.75 Å². The topological polar surface area (TPSA) is 139 Å². The van der Waals surface area contributed by atoms with Crippen LogP contribution >= 0.6 is 0 Å². The lowest BCUT2D eigenvalue weighted by molar-refractivity contribution is -0.384. The van der Waals surface area contributed by atoms with Gasteiger partial charge < -0.3 is 15.0 Å². The number of methoxy groups -OCH3 is 1. The Balaban J connectivity index is 1.69. The predicted octanol–water partition coefficient (Wildman–Crippen LogP) is 4.66. The van der Waals surface area contributed by atoms with Gasteiger partial charge in [-0.05, 0) is 61.7 Å². The first-order valence-electron chi connectivity index (χ1n) is 14.1. The third kappa shape index (κ3) is 7.89. The fourth-order valence-corrected chi connectivity index (χ4v) is 6.54. The minimum atomic E-state index is -4.27. The van der Waals surface area contributed by atoms with Crippen LogP contribution in [-0.2, 0) is 26.2 Å². The van der Waals surface area contributed by atoms with E-state index >= 15 is 0 Å². The lowest BCUT2D eigenvalue weighted by atomic mass is 9.95. The Hall–Kier alpha value is -4.45. The molecule has 12 heteroatoms. The zero-order valence-corrected chi connectivity index (χ0v) is 25.0. The van der Waals surface area contributed by atoms with Gasteiger partial charge in [0.25, 0.3) is 15.7 Å². The van der Waals surface area contributed by atoms with Crippen molar-refractivity contribution in [2.24, 2.45) is 0 Å². The lowest BCUT2D eigenvalue weighted by Gasteiger charge is -2.33. The summed E-state index contributed by atoms with van der Waals surface area (Å²) >= 11 is 0. The Morgan fingerprint density at radius 2 is 1.67 bits per heavy atom. The summed E-state index contributed by atoms with van der Waals surface area (Å²) in [5.41, 5.74) is 0.543. The molecule has 1 aliphatic rings. The van der Waals surface area contributed by atoms with E-state index < -0.39 is 33.4 Å². The second kappa shape index (κ2) is 14.1. The van der Waals surface area contributed by atoms with Crippen LogP contribution in [0.1, 0.15) is 44.6 Å². The molecule has 1 saturated carbocycles. The number of benzene rings is 3. The van der Waals surface area contributed by atoms with Crippen molar-refractivity contribution in [3.63, 3.8) is 0 Å². The van der Waals surface area contributed by atoms with Crippen LogP contribution in [0.2, 0.25) is 0 Å². The summed E-state index contributed by atoms with van der Waals surface area (Å²) in [6.45, 7) is 1.01. The molecule has 0 aliphatic heterocycles. The van der Waals surface area contributed by atoms with Crippen molar-refractivity contribution in [1.29, 1.82) is 0 Å². The second-order valence-electron chi connectivity index (χ2n) is 10.5. The number of amides is 2. The highest BCUT2D eigenvalue weighted by Gasteiger charge is 2.33. The molecular formula is C31H36N4O7S. The van der Waals surface area contributed by atoms with Gasteiger partial charge in [-0.2, -0.15) is 0 Å². The van der Waals surface area contributed by atoms with Gasteiger partial charge in [-0.15, -0.1) is 0 Å². The minimum Gasteiger partial charge on any atom is -0.497 e. The van der Waals surface area contributed by atoms with Crippen molar-refractivity contribution >= 4 is 33.2 Å². The Labute approximate surface area is 251 Å². The van der Waals surface area contributed by atoms with E-state index in [0.29, 0.717) is 11.3 Å². The second-order valence-corrected chi connectivity index (χ2v) is 12.4. The van der Waals surface area contributed by atoms with Crippen molar-refractivity contribution in [3.8, 4) is 5.75 Å². The average Bonchev–Trinajstić information content (AvgIpc) is 3.03. The third-order valence-corrected chi connectivity index (χ3v) is 9.35. The van der Waals surface area contributed by atoms with Gasteiger partial charge in [-0.1, -0.05) is 49.6 Å². The molecule has 0 bridgehead atoms. The summed E-state index contributed by atoms with van der Waals surface area (Å²) in [7, 11) is -2.75. The highest BCUT2D eigenvalue weighted by atomic mass is 32.2. The molecular weight excluding hydrogens is 572 g/mol. The number of nitrogens with zero attached hydrogens (tertiary/aromatic N) is 3. The van der Waals surface area contributed by atoms with Crippen molar-refractivity contribution in [1.82, 2.24) is 10.2 Å². The Kier molecular flexibility index (Phi) is 10.4. The molecule has 0 aromatic heterocycles. The van der Waals surface area contributed by atoms with Crippen LogP contribution in [0, 0.1) is 10.1 Å². The van der Waals surface area contributed by atoms with E-state index in [-0.39, 0.29) is 34.8 Å². The van der Waals surface area contributed by atoms with Gasteiger partial charge in [-0.25, -0.2) is 8.42 Å².